The zero-order valence-electron chi connectivity index (χ0n) is 19.7. The molecule has 38 heavy (non-hydrogen) atoms. The van der Waals surface area contributed by atoms with Crippen molar-refractivity contribution >= 4 is 45.7 Å². The summed E-state index contributed by atoms with van der Waals surface area (Å²) in [5.74, 6) is -2.26. The SMILES string of the molecule is COc1cc(C2/C(=C(\O)c3ccncc3)C(=O)C(=O)N2c2nnc(SCc3ccccc3F)s2)ccc1O. The lowest BCUT2D eigenvalue weighted by atomic mass is 9.95. The number of amides is 1. The minimum Gasteiger partial charge on any atom is -0.507 e. The molecule has 0 radical (unpaired) electrons. The summed E-state index contributed by atoms with van der Waals surface area (Å²) in [4.78, 5) is 31.7. The van der Waals surface area contributed by atoms with Crippen LogP contribution in [0.25, 0.3) is 5.76 Å². The van der Waals surface area contributed by atoms with Gasteiger partial charge in [0.05, 0.1) is 18.7 Å². The first-order chi connectivity index (χ1) is 18.4. The zero-order valence-corrected chi connectivity index (χ0v) is 21.4. The third-order valence-electron chi connectivity index (χ3n) is 5.83. The molecule has 0 aliphatic carbocycles. The first-order valence-electron chi connectivity index (χ1n) is 11.2. The maximum atomic E-state index is 14.0. The number of aliphatic hydroxyl groups excluding tert-OH is 1. The Morgan fingerprint density at radius 2 is 1.89 bits per heavy atom. The number of phenols is 1. The van der Waals surface area contributed by atoms with E-state index in [0.29, 0.717) is 26.8 Å². The van der Waals surface area contributed by atoms with E-state index in [1.807, 2.05) is 0 Å². The molecule has 4 aromatic rings. The zero-order chi connectivity index (χ0) is 26.8. The van der Waals surface area contributed by atoms with Crippen molar-refractivity contribution in [2.45, 2.75) is 16.1 Å². The lowest BCUT2D eigenvalue weighted by Crippen LogP contribution is -2.29. The number of benzene rings is 2. The number of pyridine rings is 1. The Balaban J connectivity index is 1.57. The van der Waals surface area contributed by atoms with Crippen LogP contribution in [-0.4, -0.2) is 44.2 Å². The third-order valence-corrected chi connectivity index (χ3v) is 7.93. The van der Waals surface area contributed by atoms with Crippen LogP contribution in [-0.2, 0) is 15.3 Å². The van der Waals surface area contributed by atoms with Gasteiger partial charge in [-0.2, -0.15) is 0 Å². The summed E-state index contributed by atoms with van der Waals surface area (Å²) < 4.78 is 19.7. The Kier molecular flexibility index (Phi) is 7.07. The van der Waals surface area contributed by atoms with E-state index in [1.54, 1.807) is 18.2 Å². The smallest absolute Gasteiger partial charge is 0.301 e. The number of phenolic OH excluding ortho intramolecular Hbond substituents is 1. The molecule has 1 atom stereocenters. The Labute approximate surface area is 224 Å². The fraction of sp³-hybridized carbons (Fsp3) is 0.115. The largest absolute Gasteiger partial charge is 0.507 e. The molecular weight excluding hydrogens is 531 g/mol. The minimum absolute atomic E-state index is 0.119. The van der Waals surface area contributed by atoms with Gasteiger partial charge in [-0.3, -0.25) is 19.5 Å². The molecule has 0 spiro atoms. The highest BCUT2D eigenvalue weighted by Gasteiger charge is 2.48. The number of anilines is 1. The molecule has 1 fully saturated rings. The van der Waals surface area contributed by atoms with Gasteiger partial charge in [-0.15, -0.1) is 10.2 Å². The molecule has 1 aliphatic heterocycles. The van der Waals surface area contributed by atoms with Crippen LogP contribution in [0.3, 0.4) is 0 Å². The van der Waals surface area contributed by atoms with E-state index in [-0.39, 0.29) is 33.8 Å². The number of rotatable bonds is 7. The van der Waals surface area contributed by atoms with Gasteiger partial charge >= 0.3 is 5.91 Å². The van der Waals surface area contributed by atoms with E-state index >= 15 is 0 Å². The van der Waals surface area contributed by atoms with E-state index < -0.39 is 17.7 Å². The summed E-state index contributed by atoms with van der Waals surface area (Å²) in [6.07, 6.45) is 2.90. The molecule has 192 valence electrons. The van der Waals surface area contributed by atoms with E-state index in [4.69, 9.17) is 4.74 Å². The number of aromatic nitrogens is 3. The van der Waals surface area contributed by atoms with Crippen LogP contribution >= 0.6 is 23.1 Å². The fourth-order valence-corrected chi connectivity index (χ4v) is 5.84. The van der Waals surface area contributed by atoms with Crippen molar-refractivity contribution in [3.05, 3.63) is 95.1 Å². The molecule has 9 nitrogen and oxygen atoms in total. The molecule has 2 aromatic carbocycles. The Hall–Kier alpha value is -4.29. The van der Waals surface area contributed by atoms with Crippen molar-refractivity contribution in [1.29, 1.82) is 0 Å². The van der Waals surface area contributed by atoms with Gasteiger partial charge in [0.25, 0.3) is 5.78 Å². The van der Waals surface area contributed by atoms with Crippen molar-refractivity contribution in [1.82, 2.24) is 15.2 Å². The van der Waals surface area contributed by atoms with Crippen LogP contribution in [0.5, 0.6) is 11.5 Å². The van der Waals surface area contributed by atoms with Gasteiger partial charge in [0, 0.05) is 23.7 Å². The number of halogens is 1. The predicted octanol–water partition coefficient (Wildman–Crippen LogP) is 4.71. The number of carbonyl (C=O) groups is 2. The molecule has 2 N–H and O–H groups in total. The molecular formula is C26H19FN4O5S2. The van der Waals surface area contributed by atoms with Gasteiger partial charge in [0.2, 0.25) is 5.13 Å². The van der Waals surface area contributed by atoms with Gasteiger partial charge in [-0.1, -0.05) is 47.4 Å². The van der Waals surface area contributed by atoms with E-state index in [0.717, 1.165) is 16.2 Å². The van der Waals surface area contributed by atoms with Crippen LogP contribution in [0.1, 0.15) is 22.7 Å². The highest BCUT2D eigenvalue weighted by molar-refractivity contribution is 8.00. The summed E-state index contributed by atoms with van der Waals surface area (Å²) in [5, 5.41) is 29.6. The summed E-state index contributed by atoms with van der Waals surface area (Å²) >= 11 is 2.30. The number of hydrogen-bond donors (Lipinski definition) is 2. The monoisotopic (exact) mass is 550 g/mol. The first kappa shape index (κ1) is 25.4. The number of Topliss-reactive ketones (excluding diaryl/α,β-unsaturated/α-hetero) is 1. The van der Waals surface area contributed by atoms with Gasteiger partial charge in [-0.05, 0) is 41.5 Å². The molecule has 0 saturated carbocycles. The number of nitrogens with zero attached hydrogens (tertiary/aromatic N) is 4. The lowest BCUT2D eigenvalue weighted by Gasteiger charge is -2.23. The second-order valence-electron chi connectivity index (χ2n) is 8.07. The quantitative estimate of drug-likeness (QED) is 0.111. The van der Waals surface area contributed by atoms with Crippen molar-refractivity contribution < 1.29 is 28.9 Å². The molecule has 2 aromatic heterocycles. The van der Waals surface area contributed by atoms with Crippen molar-refractivity contribution in [3.8, 4) is 11.5 Å². The summed E-state index contributed by atoms with van der Waals surface area (Å²) in [7, 11) is 1.37. The number of carbonyl (C=O) groups excluding carboxylic acids is 2. The molecule has 1 unspecified atom stereocenters. The molecule has 3 heterocycles. The number of aromatic hydroxyl groups is 1. The Bertz CT molecular complexity index is 1560. The van der Waals surface area contributed by atoms with Gasteiger partial charge in [0.15, 0.2) is 15.8 Å². The molecule has 1 aliphatic rings. The van der Waals surface area contributed by atoms with Crippen LogP contribution in [0.15, 0.2) is 76.9 Å². The van der Waals surface area contributed by atoms with Gasteiger partial charge in [0.1, 0.15) is 11.6 Å². The molecule has 1 saturated heterocycles. The second-order valence-corrected chi connectivity index (χ2v) is 10.2. The van der Waals surface area contributed by atoms with Crippen molar-refractivity contribution in [3.63, 3.8) is 0 Å². The van der Waals surface area contributed by atoms with Crippen molar-refractivity contribution in [2.24, 2.45) is 0 Å². The summed E-state index contributed by atoms with van der Waals surface area (Å²) in [5.41, 5.74) is 1.02. The summed E-state index contributed by atoms with van der Waals surface area (Å²) in [6, 6.07) is 12.7. The lowest BCUT2D eigenvalue weighted by molar-refractivity contribution is -0.132. The normalized spacial score (nSPS) is 16.7. The number of hydrogen-bond acceptors (Lipinski definition) is 10. The van der Waals surface area contributed by atoms with Crippen LogP contribution < -0.4 is 9.64 Å². The van der Waals surface area contributed by atoms with Crippen LogP contribution in [0.4, 0.5) is 9.52 Å². The molecule has 0 bridgehead atoms. The number of ether oxygens (including phenoxy) is 1. The average molecular weight is 551 g/mol. The second kappa shape index (κ2) is 10.6. The fourth-order valence-electron chi connectivity index (χ4n) is 3.99. The molecule has 12 heteroatoms. The Morgan fingerprint density at radius 3 is 2.63 bits per heavy atom. The average Bonchev–Trinajstić information content (AvgIpc) is 3.50. The number of methoxy groups -OCH3 is 1. The maximum Gasteiger partial charge on any atom is 0.301 e. The van der Waals surface area contributed by atoms with Gasteiger partial charge in [-0.25, -0.2) is 4.39 Å². The Morgan fingerprint density at radius 1 is 1.13 bits per heavy atom. The first-order valence-corrected chi connectivity index (χ1v) is 13.0. The summed E-state index contributed by atoms with van der Waals surface area (Å²) in [6.45, 7) is 0. The van der Waals surface area contributed by atoms with Gasteiger partial charge < -0.3 is 14.9 Å². The molecule has 5 rings (SSSR count). The highest BCUT2D eigenvalue weighted by Crippen LogP contribution is 2.45. The van der Waals surface area contributed by atoms with E-state index in [1.165, 1.54) is 67.7 Å². The van der Waals surface area contributed by atoms with Crippen LogP contribution in [0, 0.1) is 5.82 Å². The standard InChI is InChI=1S/C26H19FN4O5S2/c1-36-19-12-15(6-7-18(19)32)21-20(22(33)14-8-10-28-11-9-14)23(34)24(35)31(21)25-29-30-26(38-25)37-13-16-4-2-3-5-17(16)27/h2-12,21,32-33H,13H2,1H3/b22-20+. The molecule has 1 amide bonds. The number of aliphatic hydroxyl groups is 1. The third kappa shape index (κ3) is 4.71. The number of ketones is 1. The highest BCUT2D eigenvalue weighted by atomic mass is 32.2. The topological polar surface area (TPSA) is 126 Å². The maximum absolute atomic E-state index is 14.0. The number of thioether (sulfide) groups is 1. The van der Waals surface area contributed by atoms with Crippen molar-refractivity contribution in [2.75, 3.05) is 12.0 Å². The predicted molar refractivity (Wildman–Crippen MR) is 140 cm³/mol. The minimum atomic E-state index is -1.09. The van der Waals surface area contributed by atoms with E-state index in [2.05, 4.69) is 15.2 Å². The van der Waals surface area contributed by atoms with Crippen LogP contribution in [0.2, 0.25) is 0 Å². The van der Waals surface area contributed by atoms with E-state index in [9.17, 15) is 24.2 Å².